The Kier molecular flexibility index (Phi) is 2.43. The van der Waals surface area contributed by atoms with Crippen molar-refractivity contribution in [3.63, 3.8) is 0 Å². The van der Waals surface area contributed by atoms with Crippen LogP contribution in [-0.2, 0) is 9.53 Å². The lowest BCUT2D eigenvalue weighted by Crippen LogP contribution is -2.54. The van der Waals surface area contributed by atoms with E-state index in [4.69, 9.17) is 4.74 Å². The van der Waals surface area contributed by atoms with Crippen LogP contribution in [0.1, 0.15) is 23.9 Å². The molecule has 92 valence electrons. The van der Waals surface area contributed by atoms with Gasteiger partial charge in [0.05, 0.1) is 18.3 Å². The van der Waals surface area contributed by atoms with E-state index in [0.29, 0.717) is 12.6 Å². The Morgan fingerprint density at radius 2 is 2.18 bits per heavy atom. The number of esters is 1. The summed E-state index contributed by atoms with van der Waals surface area (Å²) in [5.74, 6) is -0.0585. The second-order valence-corrected chi connectivity index (χ2v) is 4.95. The topological polar surface area (TPSA) is 47.4 Å². The zero-order valence-corrected chi connectivity index (χ0v) is 10.2. The summed E-state index contributed by atoms with van der Waals surface area (Å²) in [6.07, 6.45) is 0.836. The minimum Gasteiger partial charge on any atom is -0.464 e. The van der Waals surface area contributed by atoms with Crippen LogP contribution in [-0.4, -0.2) is 46.4 Å². The number of aryl methyl sites for hydroxylation is 2. The molecule has 2 saturated heterocycles. The minimum absolute atomic E-state index is 0.0109. The van der Waals surface area contributed by atoms with Gasteiger partial charge in [-0.15, -0.1) is 0 Å². The average molecular weight is 235 g/mol. The van der Waals surface area contributed by atoms with E-state index in [-0.39, 0.29) is 12.0 Å². The van der Waals surface area contributed by atoms with Gasteiger partial charge in [0.25, 0.3) is 0 Å². The molecule has 1 unspecified atom stereocenters. The first kappa shape index (κ1) is 10.8. The first-order valence-electron chi connectivity index (χ1n) is 6.08. The third kappa shape index (κ3) is 1.74. The van der Waals surface area contributed by atoms with Gasteiger partial charge in [-0.2, -0.15) is 5.10 Å². The largest absolute Gasteiger partial charge is 0.464 e. The standard InChI is InChI=1S/C12H17N3O2/c1-8-5-9(2)15(13-8)10-6-14(7-10)11-3-4-17-12(11)16/h5,10-11H,3-4,6-7H2,1-2H3. The highest BCUT2D eigenvalue weighted by atomic mass is 16.5. The number of hydrogen-bond donors (Lipinski definition) is 0. The summed E-state index contributed by atoms with van der Waals surface area (Å²) in [7, 11) is 0. The van der Waals surface area contributed by atoms with E-state index < -0.39 is 0 Å². The van der Waals surface area contributed by atoms with E-state index in [9.17, 15) is 4.79 Å². The number of cyclic esters (lactones) is 1. The molecular weight excluding hydrogens is 218 g/mol. The summed E-state index contributed by atoms with van der Waals surface area (Å²) in [6, 6.07) is 2.49. The van der Waals surface area contributed by atoms with Gasteiger partial charge < -0.3 is 4.74 Å². The molecule has 0 aliphatic carbocycles. The molecule has 2 aliphatic rings. The van der Waals surface area contributed by atoms with Crippen molar-refractivity contribution < 1.29 is 9.53 Å². The lowest BCUT2D eigenvalue weighted by atomic mass is 10.0. The number of carbonyl (C=O) groups is 1. The van der Waals surface area contributed by atoms with Crippen LogP contribution in [0, 0.1) is 13.8 Å². The summed E-state index contributed by atoms with van der Waals surface area (Å²) < 4.78 is 7.06. The molecule has 0 saturated carbocycles. The summed E-state index contributed by atoms with van der Waals surface area (Å²) >= 11 is 0. The zero-order chi connectivity index (χ0) is 12.0. The third-order valence-corrected chi connectivity index (χ3v) is 3.63. The van der Waals surface area contributed by atoms with E-state index in [1.165, 1.54) is 5.69 Å². The molecule has 0 bridgehead atoms. The molecule has 0 radical (unpaired) electrons. The maximum Gasteiger partial charge on any atom is 0.323 e. The molecule has 3 rings (SSSR count). The predicted molar refractivity (Wildman–Crippen MR) is 61.7 cm³/mol. The van der Waals surface area contributed by atoms with Gasteiger partial charge in [0.1, 0.15) is 6.04 Å². The van der Waals surface area contributed by atoms with Crippen LogP contribution in [0.4, 0.5) is 0 Å². The molecule has 0 spiro atoms. The number of carbonyl (C=O) groups excluding carboxylic acids is 1. The van der Waals surface area contributed by atoms with Gasteiger partial charge in [-0.1, -0.05) is 0 Å². The van der Waals surface area contributed by atoms with E-state index >= 15 is 0 Å². The number of ether oxygens (including phenoxy) is 1. The molecule has 5 nitrogen and oxygen atoms in total. The molecular formula is C12H17N3O2. The first-order chi connectivity index (χ1) is 8.15. The monoisotopic (exact) mass is 235 g/mol. The Hall–Kier alpha value is -1.36. The summed E-state index contributed by atoms with van der Waals surface area (Å²) in [6.45, 7) is 6.47. The van der Waals surface area contributed by atoms with Crippen molar-refractivity contribution >= 4 is 5.97 Å². The highest BCUT2D eigenvalue weighted by Gasteiger charge is 2.40. The SMILES string of the molecule is Cc1cc(C)n(C2CN(C3CCOC3=O)C2)n1. The average Bonchev–Trinajstić information content (AvgIpc) is 2.73. The van der Waals surface area contributed by atoms with Crippen LogP contribution in [0.3, 0.4) is 0 Å². The summed E-state index contributed by atoms with van der Waals surface area (Å²) in [5, 5.41) is 4.49. The Labute approximate surface area is 100 Å². The fraction of sp³-hybridized carbons (Fsp3) is 0.667. The quantitative estimate of drug-likeness (QED) is 0.707. The number of nitrogens with zero attached hydrogens (tertiary/aromatic N) is 3. The molecule has 17 heavy (non-hydrogen) atoms. The molecule has 1 atom stereocenters. The van der Waals surface area contributed by atoms with Crippen molar-refractivity contribution in [2.24, 2.45) is 0 Å². The molecule has 2 fully saturated rings. The van der Waals surface area contributed by atoms with Gasteiger partial charge in [-0.25, -0.2) is 0 Å². The third-order valence-electron chi connectivity index (χ3n) is 3.63. The van der Waals surface area contributed by atoms with Crippen molar-refractivity contribution in [3.05, 3.63) is 17.5 Å². The highest BCUT2D eigenvalue weighted by Crippen LogP contribution is 2.28. The van der Waals surface area contributed by atoms with Crippen molar-refractivity contribution in [1.29, 1.82) is 0 Å². The Morgan fingerprint density at radius 3 is 2.71 bits per heavy atom. The van der Waals surface area contributed by atoms with Gasteiger partial charge in [0.15, 0.2) is 0 Å². The number of rotatable bonds is 2. The molecule has 2 aliphatic heterocycles. The van der Waals surface area contributed by atoms with Crippen LogP contribution < -0.4 is 0 Å². The van der Waals surface area contributed by atoms with Crippen LogP contribution in [0.25, 0.3) is 0 Å². The Morgan fingerprint density at radius 1 is 1.41 bits per heavy atom. The Balaban J connectivity index is 1.65. The van der Waals surface area contributed by atoms with Crippen LogP contribution in [0.2, 0.25) is 0 Å². The van der Waals surface area contributed by atoms with Crippen molar-refractivity contribution in [1.82, 2.24) is 14.7 Å². The van der Waals surface area contributed by atoms with Gasteiger partial charge in [-0.05, 0) is 19.9 Å². The zero-order valence-electron chi connectivity index (χ0n) is 10.2. The van der Waals surface area contributed by atoms with E-state index in [0.717, 1.165) is 25.2 Å². The molecule has 3 heterocycles. The fourth-order valence-electron chi connectivity index (χ4n) is 2.73. The normalized spacial score (nSPS) is 26.0. The maximum atomic E-state index is 11.4. The van der Waals surface area contributed by atoms with Gasteiger partial charge in [0.2, 0.25) is 0 Å². The smallest absolute Gasteiger partial charge is 0.323 e. The molecule has 5 heteroatoms. The lowest BCUT2D eigenvalue weighted by Gasteiger charge is -2.41. The fourth-order valence-corrected chi connectivity index (χ4v) is 2.73. The molecule has 0 amide bonds. The van der Waals surface area contributed by atoms with Crippen LogP contribution in [0.15, 0.2) is 6.07 Å². The van der Waals surface area contributed by atoms with Crippen molar-refractivity contribution in [3.8, 4) is 0 Å². The first-order valence-corrected chi connectivity index (χ1v) is 6.08. The van der Waals surface area contributed by atoms with Crippen LogP contribution >= 0.6 is 0 Å². The summed E-state index contributed by atoms with van der Waals surface area (Å²) in [4.78, 5) is 13.6. The Bertz CT molecular complexity index is 449. The van der Waals surface area contributed by atoms with Gasteiger partial charge >= 0.3 is 5.97 Å². The second-order valence-electron chi connectivity index (χ2n) is 4.95. The molecule has 0 aromatic carbocycles. The second kappa shape index (κ2) is 3.84. The van der Waals surface area contributed by atoms with E-state index in [1.54, 1.807) is 0 Å². The van der Waals surface area contributed by atoms with Crippen molar-refractivity contribution in [2.45, 2.75) is 32.4 Å². The highest BCUT2D eigenvalue weighted by molar-refractivity contribution is 5.77. The van der Waals surface area contributed by atoms with Crippen molar-refractivity contribution in [2.75, 3.05) is 19.7 Å². The number of aromatic nitrogens is 2. The van der Waals surface area contributed by atoms with E-state index in [2.05, 4.69) is 27.7 Å². The molecule has 0 N–H and O–H groups in total. The molecule has 1 aromatic rings. The lowest BCUT2D eigenvalue weighted by molar-refractivity contribution is -0.144. The summed E-state index contributed by atoms with van der Waals surface area (Å²) in [5.41, 5.74) is 2.25. The van der Waals surface area contributed by atoms with Gasteiger partial charge in [0, 0.05) is 25.2 Å². The maximum absolute atomic E-state index is 11.4. The minimum atomic E-state index is -0.0585. The predicted octanol–water partition coefficient (Wildman–Crippen LogP) is 0.672. The number of hydrogen-bond acceptors (Lipinski definition) is 4. The van der Waals surface area contributed by atoms with Gasteiger partial charge in [-0.3, -0.25) is 14.4 Å². The van der Waals surface area contributed by atoms with E-state index in [1.807, 2.05) is 6.92 Å². The molecule has 1 aromatic heterocycles. The number of likely N-dealkylation sites (tertiary alicyclic amines) is 1. The van der Waals surface area contributed by atoms with Crippen LogP contribution in [0.5, 0.6) is 0 Å².